The van der Waals surface area contributed by atoms with Gasteiger partial charge in [0, 0.05) is 36.8 Å². The quantitative estimate of drug-likeness (QED) is 0.406. The third kappa shape index (κ3) is 8.85. The molecule has 10 nitrogen and oxygen atoms in total. The monoisotopic (exact) mass is 495 g/mol. The number of hydrogen-bond acceptors (Lipinski definition) is 9. The van der Waals surface area contributed by atoms with Crippen molar-refractivity contribution in [1.29, 1.82) is 0 Å². The van der Waals surface area contributed by atoms with Crippen LogP contribution in [0.15, 0.2) is 30.6 Å². The summed E-state index contributed by atoms with van der Waals surface area (Å²) in [5.74, 6) is 1.10. The molecule has 10 heteroatoms. The largest absolute Gasteiger partial charge is 0.367 e. The molecule has 3 aromatic heterocycles. The van der Waals surface area contributed by atoms with Crippen LogP contribution in [0, 0.1) is 0 Å². The Morgan fingerprint density at radius 3 is 2.36 bits per heavy atom. The zero-order valence-electron chi connectivity index (χ0n) is 22.3. The zero-order chi connectivity index (χ0) is 26.0. The van der Waals surface area contributed by atoms with Crippen LogP contribution in [-0.2, 0) is 0 Å². The zero-order valence-corrected chi connectivity index (χ0v) is 22.3. The van der Waals surface area contributed by atoms with Gasteiger partial charge < -0.3 is 30.7 Å². The lowest BCUT2D eigenvalue weighted by molar-refractivity contribution is 0.111. The standard InChI is InChI=1S/C18H21N7O.C5H11N.C3H9N/c1-18(2)11-25(6-5-21-18)14-3-4-15(19-9-14)23-17-20-8-12-7-13(10-26)22-16(12)24-17;1-2-4-6-5-3-1;1-4(2)3/h3-4,7-10,21H,5-6,11H2,1-2H3,(H2,19,20,22,23,24);6H,1-5H2;1-3H3. The van der Waals surface area contributed by atoms with E-state index in [9.17, 15) is 4.79 Å². The Bertz CT molecular complexity index is 1060. The predicted octanol–water partition coefficient (Wildman–Crippen LogP) is 3.03. The van der Waals surface area contributed by atoms with Gasteiger partial charge in [0.25, 0.3) is 0 Å². The highest BCUT2D eigenvalue weighted by atomic mass is 16.1. The summed E-state index contributed by atoms with van der Waals surface area (Å²) in [4.78, 5) is 31.2. The average molecular weight is 496 g/mol. The third-order valence-electron chi connectivity index (χ3n) is 5.65. The minimum Gasteiger partial charge on any atom is -0.367 e. The molecule has 0 unspecified atom stereocenters. The molecule has 4 N–H and O–H groups in total. The smallest absolute Gasteiger partial charge is 0.230 e. The van der Waals surface area contributed by atoms with Crippen molar-refractivity contribution >= 4 is 34.8 Å². The second kappa shape index (κ2) is 13.3. The average Bonchev–Trinajstić information content (AvgIpc) is 3.28. The molecule has 0 aliphatic carbocycles. The Labute approximate surface area is 214 Å². The summed E-state index contributed by atoms with van der Waals surface area (Å²) in [7, 11) is 6.00. The lowest BCUT2D eigenvalue weighted by Gasteiger charge is -2.40. The molecule has 3 aromatic rings. The molecule has 0 atom stereocenters. The van der Waals surface area contributed by atoms with Crippen molar-refractivity contribution in [3.63, 3.8) is 0 Å². The summed E-state index contributed by atoms with van der Waals surface area (Å²) >= 11 is 0. The Hall–Kier alpha value is -3.08. The second-order valence-corrected chi connectivity index (χ2v) is 10.3. The molecular formula is C26H41N9O. The van der Waals surface area contributed by atoms with Crippen LogP contribution in [0.2, 0.25) is 0 Å². The number of pyridine rings is 1. The van der Waals surface area contributed by atoms with Crippen molar-refractivity contribution in [1.82, 2.24) is 35.5 Å². The van der Waals surface area contributed by atoms with E-state index in [0.717, 1.165) is 37.0 Å². The molecule has 196 valence electrons. The number of H-pyrrole nitrogens is 1. The van der Waals surface area contributed by atoms with Crippen molar-refractivity contribution in [3.8, 4) is 0 Å². The number of anilines is 3. The van der Waals surface area contributed by atoms with Crippen LogP contribution in [0.1, 0.15) is 43.6 Å². The van der Waals surface area contributed by atoms with Gasteiger partial charge in [0.1, 0.15) is 11.5 Å². The Kier molecular flexibility index (Phi) is 10.2. The van der Waals surface area contributed by atoms with E-state index in [-0.39, 0.29) is 5.54 Å². The molecule has 36 heavy (non-hydrogen) atoms. The number of hydrogen-bond donors (Lipinski definition) is 4. The van der Waals surface area contributed by atoms with E-state index in [1.807, 2.05) is 38.3 Å². The second-order valence-electron chi connectivity index (χ2n) is 10.3. The maximum Gasteiger partial charge on any atom is 0.230 e. The number of nitrogens with zero attached hydrogens (tertiary/aromatic N) is 5. The first-order valence-electron chi connectivity index (χ1n) is 12.6. The molecule has 5 rings (SSSR count). The van der Waals surface area contributed by atoms with Gasteiger partial charge in [-0.05, 0) is 79.1 Å². The molecule has 0 spiro atoms. The number of carbonyl (C=O) groups is 1. The van der Waals surface area contributed by atoms with Crippen LogP contribution in [0.3, 0.4) is 0 Å². The Balaban J connectivity index is 0.000000303. The fourth-order valence-electron chi connectivity index (χ4n) is 3.99. The van der Waals surface area contributed by atoms with E-state index in [1.54, 1.807) is 12.3 Å². The molecule has 0 aromatic carbocycles. The molecule has 2 aliphatic rings. The number of fused-ring (bicyclic) bond motifs is 1. The number of aromatic amines is 1. The van der Waals surface area contributed by atoms with Crippen molar-refractivity contribution in [2.75, 3.05) is 64.1 Å². The number of carbonyl (C=O) groups excluding carboxylic acids is 1. The van der Waals surface area contributed by atoms with Gasteiger partial charge in [0.2, 0.25) is 5.95 Å². The van der Waals surface area contributed by atoms with E-state index in [1.165, 1.54) is 32.4 Å². The molecular weight excluding hydrogens is 454 g/mol. The SMILES string of the molecule is C1CCNCC1.CC1(C)CN(c2ccc(Nc3ncc4cc(C=O)[nH]c4n3)nc2)CCN1.CN(C)C. The normalized spacial score (nSPS) is 17.0. The van der Waals surface area contributed by atoms with Gasteiger partial charge >= 0.3 is 0 Å². The topological polar surface area (TPSA) is 114 Å². The van der Waals surface area contributed by atoms with Crippen LogP contribution >= 0.6 is 0 Å². The Morgan fingerprint density at radius 2 is 1.81 bits per heavy atom. The molecule has 2 saturated heterocycles. The van der Waals surface area contributed by atoms with Gasteiger partial charge in [-0.2, -0.15) is 4.98 Å². The lowest BCUT2D eigenvalue weighted by Crippen LogP contribution is -2.57. The highest BCUT2D eigenvalue weighted by Gasteiger charge is 2.25. The maximum absolute atomic E-state index is 10.8. The van der Waals surface area contributed by atoms with Crippen molar-refractivity contribution in [2.24, 2.45) is 0 Å². The number of aromatic nitrogens is 4. The van der Waals surface area contributed by atoms with Gasteiger partial charge in [0.15, 0.2) is 6.29 Å². The first-order valence-corrected chi connectivity index (χ1v) is 12.6. The van der Waals surface area contributed by atoms with Crippen molar-refractivity contribution < 1.29 is 4.79 Å². The predicted molar refractivity (Wildman–Crippen MR) is 147 cm³/mol. The molecule has 0 saturated carbocycles. The van der Waals surface area contributed by atoms with E-state index in [2.05, 4.69) is 60.7 Å². The molecule has 2 fully saturated rings. The molecule has 0 bridgehead atoms. The van der Waals surface area contributed by atoms with Gasteiger partial charge in [-0.3, -0.25) is 4.79 Å². The third-order valence-corrected chi connectivity index (χ3v) is 5.65. The van der Waals surface area contributed by atoms with Crippen LogP contribution in [0.4, 0.5) is 17.5 Å². The van der Waals surface area contributed by atoms with Crippen LogP contribution < -0.4 is 20.9 Å². The van der Waals surface area contributed by atoms with Crippen molar-refractivity contribution in [3.05, 3.63) is 36.3 Å². The van der Waals surface area contributed by atoms with Crippen LogP contribution in [-0.4, -0.2) is 90.5 Å². The maximum atomic E-state index is 10.8. The minimum atomic E-state index is 0.0921. The van der Waals surface area contributed by atoms with E-state index in [4.69, 9.17) is 0 Å². The van der Waals surface area contributed by atoms with Crippen LogP contribution in [0.5, 0.6) is 0 Å². The van der Waals surface area contributed by atoms with Gasteiger partial charge in [-0.25, -0.2) is 9.97 Å². The number of piperidine rings is 1. The molecule has 5 heterocycles. The van der Waals surface area contributed by atoms with Crippen molar-refractivity contribution in [2.45, 2.75) is 38.6 Å². The molecule has 0 radical (unpaired) electrons. The van der Waals surface area contributed by atoms with Gasteiger partial charge in [-0.1, -0.05) is 6.42 Å². The molecule has 0 amide bonds. The summed E-state index contributed by atoms with van der Waals surface area (Å²) in [6.07, 6.45) is 8.51. The molecule has 2 aliphatic heterocycles. The fourth-order valence-corrected chi connectivity index (χ4v) is 3.99. The Morgan fingerprint density at radius 1 is 1.06 bits per heavy atom. The van der Waals surface area contributed by atoms with Crippen LogP contribution in [0.25, 0.3) is 11.0 Å². The summed E-state index contributed by atoms with van der Waals surface area (Å²) in [5.41, 5.74) is 2.29. The first kappa shape index (κ1) is 27.5. The van der Waals surface area contributed by atoms with E-state index < -0.39 is 0 Å². The van der Waals surface area contributed by atoms with Gasteiger partial charge in [0.05, 0.1) is 17.6 Å². The number of aldehydes is 1. The number of rotatable bonds is 4. The minimum absolute atomic E-state index is 0.0921. The summed E-state index contributed by atoms with van der Waals surface area (Å²) in [6, 6.07) is 5.69. The summed E-state index contributed by atoms with van der Waals surface area (Å²) in [5, 5.41) is 10.7. The highest BCUT2D eigenvalue weighted by Crippen LogP contribution is 2.21. The first-order chi connectivity index (χ1) is 17.3. The van der Waals surface area contributed by atoms with E-state index >= 15 is 0 Å². The highest BCUT2D eigenvalue weighted by molar-refractivity contribution is 5.85. The van der Waals surface area contributed by atoms with Gasteiger partial charge in [-0.15, -0.1) is 0 Å². The van der Waals surface area contributed by atoms with E-state index in [0.29, 0.717) is 23.1 Å². The lowest BCUT2D eigenvalue weighted by atomic mass is 10.0. The number of nitrogens with one attached hydrogen (secondary N) is 4. The summed E-state index contributed by atoms with van der Waals surface area (Å²) in [6.45, 7) is 9.76. The summed E-state index contributed by atoms with van der Waals surface area (Å²) < 4.78 is 0. The fraction of sp³-hybridized carbons (Fsp3) is 0.538. The number of piperazine rings is 1.